The Balaban J connectivity index is 2.67. The average molecular weight is 224 g/mol. The maximum atomic E-state index is 7.41. The van der Waals surface area contributed by atoms with Crippen molar-refractivity contribution in [3.05, 3.63) is 24.3 Å². The molecule has 82 valence electrons. The molecule has 0 amide bonds. The summed E-state index contributed by atoms with van der Waals surface area (Å²) in [5, 5.41) is 7.48. The maximum Gasteiger partial charge on any atom is 0.118 e. The highest BCUT2D eigenvalue weighted by molar-refractivity contribution is 8.00. The summed E-state index contributed by atoms with van der Waals surface area (Å²) in [6.07, 6.45) is 0.867. The van der Waals surface area contributed by atoms with Crippen LogP contribution in [0.4, 0.5) is 0 Å². The van der Waals surface area contributed by atoms with E-state index in [0.717, 1.165) is 17.1 Å². The van der Waals surface area contributed by atoms with Crippen LogP contribution in [0.1, 0.15) is 13.3 Å². The molecule has 1 atom stereocenters. The summed E-state index contributed by atoms with van der Waals surface area (Å²) in [5.74, 6) is 1.08. The van der Waals surface area contributed by atoms with E-state index >= 15 is 0 Å². The summed E-state index contributed by atoms with van der Waals surface area (Å²) in [6.45, 7) is 2.03. The summed E-state index contributed by atoms with van der Waals surface area (Å²) in [5.41, 5.74) is 5.49. The fraction of sp³-hybridized carbons (Fsp3) is 0.364. The van der Waals surface area contributed by atoms with Crippen molar-refractivity contribution in [3.8, 4) is 5.75 Å². The van der Waals surface area contributed by atoms with Crippen molar-refractivity contribution in [2.75, 3.05) is 7.11 Å². The van der Waals surface area contributed by atoms with E-state index < -0.39 is 0 Å². The Hall–Kier alpha value is -1.16. The minimum Gasteiger partial charge on any atom is -0.497 e. The lowest BCUT2D eigenvalue weighted by atomic mass is 10.3. The van der Waals surface area contributed by atoms with Gasteiger partial charge in [-0.3, -0.25) is 5.41 Å². The summed E-state index contributed by atoms with van der Waals surface area (Å²) < 4.78 is 5.07. The molecule has 15 heavy (non-hydrogen) atoms. The second-order valence-electron chi connectivity index (χ2n) is 3.15. The Morgan fingerprint density at radius 1 is 1.47 bits per heavy atom. The highest BCUT2D eigenvalue weighted by Gasteiger charge is 2.10. The quantitative estimate of drug-likeness (QED) is 0.459. The Labute approximate surface area is 94.5 Å². The number of nitrogens with one attached hydrogen (secondary N) is 1. The fourth-order valence-electron chi connectivity index (χ4n) is 1.19. The van der Waals surface area contributed by atoms with Gasteiger partial charge < -0.3 is 10.5 Å². The van der Waals surface area contributed by atoms with Crippen LogP contribution in [0, 0.1) is 5.41 Å². The first-order valence-electron chi connectivity index (χ1n) is 4.82. The van der Waals surface area contributed by atoms with Gasteiger partial charge in [-0.15, -0.1) is 11.8 Å². The number of thioether (sulfide) groups is 1. The molecule has 1 aromatic rings. The lowest BCUT2D eigenvalue weighted by Crippen LogP contribution is -2.23. The van der Waals surface area contributed by atoms with Gasteiger partial charge in [-0.05, 0) is 30.7 Å². The van der Waals surface area contributed by atoms with Gasteiger partial charge in [-0.1, -0.05) is 6.92 Å². The topological polar surface area (TPSA) is 59.1 Å². The largest absolute Gasteiger partial charge is 0.497 e. The predicted molar refractivity (Wildman–Crippen MR) is 64.8 cm³/mol. The molecule has 1 unspecified atom stereocenters. The number of hydrogen-bond acceptors (Lipinski definition) is 3. The lowest BCUT2D eigenvalue weighted by Gasteiger charge is -2.12. The second kappa shape index (κ2) is 5.66. The van der Waals surface area contributed by atoms with Gasteiger partial charge in [0.1, 0.15) is 11.6 Å². The monoisotopic (exact) mass is 224 g/mol. The standard InChI is InChI=1S/C11H16N2OS/c1-3-10(11(12)13)15-9-6-4-8(14-2)5-7-9/h4-7,10H,3H2,1-2H3,(H3,12,13). The van der Waals surface area contributed by atoms with E-state index in [-0.39, 0.29) is 11.1 Å². The molecule has 0 radical (unpaired) electrons. The molecular weight excluding hydrogens is 208 g/mol. The van der Waals surface area contributed by atoms with Gasteiger partial charge in [-0.2, -0.15) is 0 Å². The molecule has 0 aliphatic carbocycles. The van der Waals surface area contributed by atoms with E-state index in [1.807, 2.05) is 31.2 Å². The molecule has 0 aromatic heterocycles. The molecule has 0 aliphatic heterocycles. The molecule has 1 aromatic carbocycles. The van der Waals surface area contributed by atoms with Crippen molar-refractivity contribution in [1.29, 1.82) is 5.41 Å². The molecule has 0 saturated carbocycles. The zero-order valence-corrected chi connectivity index (χ0v) is 9.80. The molecule has 3 N–H and O–H groups in total. The first kappa shape index (κ1) is 11.9. The van der Waals surface area contributed by atoms with E-state index in [2.05, 4.69) is 0 Å². The summed E-state index contributed by atoms with van der Waals surface area (Å²) in [7, 11) is 1.65. The van der Waals surface area contributed by atoms with Crippen molar-refractivity contribution in [2.24, 2.45) is 5.73 Å². The van der Waals surface area contributed by atoms with Crippen LogP contribution in [0.5, 0.6) is 5.75 Å². The molecule has 0 fully saturated rings. The third kappa shape index (κ3) is 3.47. The van der Waals surface area contributed by atoms with Crippen LogP contribution >= 0.6 is 11.8 Å². The normalized spacial score (nSPS) is 12.1. The highest BCUT2D eigenvalue weighted by atomic mass is 32.2. The third-order valence-corrected chi connectivity index (χ3v) is 3.47. The average Bonchev–Trinajstić information content (AvgIpc) is 2.26. The zero-order valence-electron chi connectivity index (χ0n) is 8.99. The van der Waals surface area contributed by atoms with Crippen LogP contribution in [0.25, 0.3) is 0 Å². The Kier molecular flexibility index (Phi) is 4.49. The van der Waals surface area contributed by atoms with Crippen molar-refractivity contribution in [1.82, 2.24) is 0 Å². The van der Waals surface area contributed by atoms with E-state index in [0.29, 0.717) is 0 Å². The molecule has 4 heteroatoms. The molecule has 0 saturated heterocycles. The maximum absolute atomic E-state index is 7.41. The molecule has 3 nitrogen and oxygen atoms in total. The number of rotatable bonds is 5. The number of ether oxygens (including phenoxy) is 1. The number of methoxy groups -OCH3 is 1. The summed E-state index contributed by atoms with van der Waals surface area (Å²) >= 11 is 1.61. The van der Waals surface area contributed by atoms with Gasteiger partial charge in [0.25, 0.3) is 0 Å². The van der Waals surface area contributed by atoms with Crippen LogP contribution in [0.15, 0.2) is 29.2 Å². The second-order valence-corrected chi connectivity index (χ2v) is 4.42. The molecule has 0 spiro atoms. The number of benzene rings is 1. The lowest BCUT2D eigenvalue weighted by molar-refractivity contribution is 0.414. The van der Waals surface area contributed by atoms with Crippen molar-refractivity contribution in [3.63, 3.8) is 0 Å². The van der Waals surface area contributed by atoms with Crippen molar-refractivity contribution < 1.29 is 4.74 Å². The van der Waals surface area contributed by atoms with Crippen LogP contribution in [0.3, 0.4) is 0 Å². The van der Waals surface area contributed by atoms with E-state index in [9.17, 15) is 0 Å². The highest BCUT2D eigenvalue weighted by Crippen LogP contribution is 2.26. The van der Waals surface area contributed by atoms with Crippen LogP contribution < -0.4 is 10.5 Å². The first-order chi connectivity index (χ1) is 7.17. The SMILES string of the molecule is CCC(Sc1ccc(OC)cc1)C(=N)N. The molecule has 1 rings (SSSR count). The molecule has 0 heterocycles. The third-order valence-electron chi connectivity index (χ3n) is 2.06. The Morgan fingerprint density at radius 3 is 2.47 bits per heavy atom. The van der Waals surface area contributed by atoms with Crippen LogP contribution in [0.2, 0.25) is 0 Å². The smallest absolute Gasteiger partial charge is 0.118 e. The van der Waals surface area contributed by atoms with Gasteiger partial charge in [0.15, 0.2) is 0 Å². The molecule has 0 bridgehead atoms. The first-order valence-corrected chi connectivity index (χ1v) is 5.70. The van der Waals surface area contributed by atoms with Crippen LogP contribution in [-0.4, -0.2) is 18.2 Å². The van der Waals surface area contributed by atoms with Crippen molar-refractivity contribution >= 4 is 17.6 Å². The van der Waals surface area contributed by atoms with Gasteiger partial charge in [0.05, 0.1) is 12.4 Å². The summed E-state index contributed by atoms with van der Waals surface area (Å²) in [6, 6.07) is 7.79. The molecule has 0 aliphatic rings. The van der Waals surface area contributed by atoms with E-state index in [4.69, 9.17) is 15.9 Å². The fourth-order valence-corrected chi connectivity index (χ4v) is 2.10. The number of amidine groups is 1. The van der Waals surface area contributed by atoms with Gasteiger partial charge in [0.2, 0.25) is 0 Å². The van der Waals surface area contributed by atoms with E-state index in [1.54, 1.807) is 18.9 Å². The summed E-state index contributed by atoms with van der Waals surface area (Å²) in [4.78, 5) is 1.11. The van der Waals surface area contributed by atoms with E-state index in [1.165, 1.54) is 0 Å². The molecular formula is C11H16N2OS. The van der Waals surface area contributed by atoms with Gasteiger partial charge in [0, 0.05) is 4.90 Å². The van der Waals surface area contributed by atoms with Crippen molar-refractivity contribution in [2.45, 2.75) is 23.5 Å². The number of hydrogen-bond donors (Lipinski definition) is 2. The Bertz CT molecular complexity index is 324. The Morgan fingerprint density at radius 2 is 2.07 bits per heavy atom. The zero-order chi connectivity index (χ0) is 11.3. The van der Waals surface area contributed by atoms with Crippen LogP contribution in [-0.2, 0) is 0 Å². The number of nitrogens with two attached hydrogens (primary N) is 1. The minimum atomic E-state index is 0.0680. The van der Waals surface area contributed by atoms with Gasteiger partial charge in [-0.25, -0.2) is 0 Å². The predicted octanol–water partition coefficient (Wildman–Crippen LogP) is 2.50. The van der Waals surface area contributed by atoms with Gasteiger partial charge >= 0.3 is 0 Å². The minimum absolute atomic E-state index is 0.0680.